The van der Waals surface area contributed by atoms with E-state index in [-0.39, 0.29) is 31.3 Å². The number of anilines is 2. The maximum Gasteiger partial charge on any atom is 0.415 e. The van der Waals surface area contributed by atoms with Crippen molar-refractivity contribution in [1.82, 2.24) is 15.6 Å². The van der Waals surface area contributed by atoms with Crippen LogP contribution in [0.25, 0.3) is 11.1 Å². The van der Waals surface area contributed by atoms with Gasteiger partial charge in [-0.15, -0.1) is 0 Å². The van der Waals surface area contributed by atoms with Crippen molar-refractivity contribution < 1.29 is 33.7 Å². The summed E-state index contributed by atoms with van der Waals surface area (Å²) in [5, 5.41) is 17.2. The molecule has 2 aromatic carbocycles. The first-order valence-corrected chi connectivity index (χ1v) is 13.3. The second-order valence-corrected chi connectivity index (χ2v) is 9.78. The van der Waals surface area contributed by atoms with E-state index in [0.717, 1.165) is 16.7 Å². The second kappa shape index (κ2) is 12.6. The number of pyridine rings is 1. The van der Waals surface area contributed by atoms with Crippen LogP contribution in [0.4, 0.5) is 21.2 Å². The number of benzene rings is 2. The van der Waals surface area contributed by atoms with Crippen LogP contribution in [0.15, 0.2) is 60.7 Å². The van der Waals surface area contributed by atoms with Gasteiger partial charge in [0, 0.05) is 6.54 Å². The molecule has 3 heterocycles. The molecular weight excluding hydrogens is 530 g/mol. The molecule has 2 aliphatic rings. The molecule has 12 heteroatoms. The Labute approximate surface area is 236 Å². The third-order valence-corrected chi connectivity index (χ3v) is 6.56. The van der Waals surface area contributed by atoms with Crippen LogP contribution in [0, 0.1) is 0 Å². The first-order valence-electron chi connectivity index (χ1n) is 13.3. The average Bonchev–Trinajstić information content (AvgIpc) is 3.34. The van der Waals surface area contributed by atoms with Crippen LogP contribution < -0.4 is 30.3 Å². The molecule has 3 amide bonds. The minimum absolute atomic E-state index is 0.0592. The molecule has 0 spiro atoms. The van der Waals surface area contributed by atoms with Gasteiger partial charge in [-0.25, -0.2) is 14.6 Å². The van der Waals surface area contributed by atoms with E-state index in [1.165, 1.54) is 4.90 Å². The summed E-state index contributed by atoms with van der Waals surface area (Å²) >= 11 is 0. The number of carbonyl (C=O) groups is 3. The molecular formula is C29H31N5O7. The van der Waals surface area contributed by atoms with E-state index >= 15 is 0 Å². The van der Waals surface area contributed by atoms with Crippen LogP contribution in [0.2, 0.25) is 0 Å². The summed E-state index contributed by atoms with van der Waals surface area (Å²) in [5.41, 5.74) is 3.12. The quantitative estimate of drug-likeness (QED) is 0.257. The number of cyclic esters (lactones) is 1. The molecule has 1 aromatic heterocycles. The van der Waals surface area contributed by atoms with Crippen molar-refractivity contribution in [3.8, 4) is 22.6 Å². The lowest BCUT2D eigenvalue weighted by Crippen LogP contribution is -2.32. The molecule has 3 aromatic rings. The Hall–Kier alpha value is -4.84. The minimum atomic E-state index is -1.08. The molecule has 2 aliphatic heterocycles. The molecule has 2 atom stereocenters. The van der Waals surface area contributed by atoms with Crippen molar-refractivity contribution in [2.45, 2.75) is 32.1 Å². The van der Waals surface area contributed by atoms with Gasteiger partial charge in [0.1, 0.15) is 23.8 Å². The predicted octanol–water partition coefficient (Wildman–Crippen LogP) is 3.62. The first-order chi connectivity index (χ1) is 19.8. The summed E-state index contributed by atoms with van der Waals surface area (Å²) in [6.45, 7) is 3.58. The van der Waals surface area contributed by atoms with Gasteiger partial charge < -0.3 is 35.3 Å². The van der Waals surface area contributed by atoms with Gasteiger partial charge in [-0.3, -0.25) is 9.69 Å². The maximum absolute atomic E-state index is 12.5. The number of nitrogens with one attached hydrogen (secondary N) is 3. The van der Waals surface area contributed by atoms with Crippen LogP contribution >= 0.6 is 0 Å². The van der Waals surface area contributed by atoms with Crippen LogP contribution in [0.3, 0.4) is 0 Å². The van der Waals surface area contributed by atoms with E-state index in [4.69, 9.17) is 19.3 Å². The maximum atomic E-state index is 12.5. The van der Waals surface area contributed by atoms with E-state index in [0.29, 0.717) is 49.2 Å². The van der Waals surface area contributed by atoms with Crippen molar-refractivity contribution in [3.05, 3.63) is 66.2 Å². The number of amides is 3. The van der Waals surface area contributed by atoms with Gasteiger partial charge in [0.05, 0.1) is 13.1 Å². The molecule has 0 saturated carbocycles. The van der Waals surface area contributed by atoms with Gasteiger partial charge in [0.15, 0.2) is 18.2 Å². The molecule has 1 saturated heterocycles. The number of carbonyl (C=O) groups excluding carboxylic acids is 2. The highest BCUT2D eigenvalue weighted by molar-refractivity contribution is 5.95. The number of rotatable bonds is 11. The number of hydrogen-bond donors (Lipinski definition) is 4. The summed E-state index contributed by atoms with van der Waals surface area (Å²) in [6, 6.07) is 19.2. The Morgan fingerprint density at radius 1 is 1.17 bits per heavy atom. The highest BCUT2D eigenvalue weighted by Crippen LogP contribution is 2.30. The highest BCUT2D eigenvalue weighted by Gasteiger charge is 2.33. The Morgan fingerprint density at radius 3 is 2.80 bits per heavy atom. The van der Waals surface area contributed by atoms with Crippen LogP contribution in [-0.2, 0) is 16.1 Å². The van der Waals surface area contributed by atoms with Gasteiger partial charge in [-0.2, -0.15) is 0 Å². The summed E-state index contributed by atoms with van der Waals surface area (Å²) in [5.74, 6) is 1.52. The van der Waals surface area contributed by atoms with Crippen LogP contribution in [0.5, 0.6) is 11.5 Å². The average molecular weight is 562 g/mol. The summed E-state index contributed by atoms with van der Waals surface area (Å²) in [6.07, 6.45) is -1.53. The SMILES string of the molecule is CC(CNC(=O)O)Oc1cccc(-c2cccc(CNCC[C@H]3CN(c4ccc5c(n4)NC(=O)CO5)C(=O)O3)c2)c1. The lowest BCUT2D eigenvalue weighted by Gasteiger charge is -2.19. The fourth-order valence-corrected chi connectivity index (χ4v) is 4.57. The number of ether oxygens (including phenoxy) is 3. The molecule has 0 bridgehead atoms. The molecule has 1 fully saturated rings. The van der Waals surface area contributed by atoms with E-state index < -0.39 is 12.2 Å². The smallest absolute Gasteiger partial charge is 0.415 e. The van der Waals surface area contributed by atoms with Gasteiger partial charge in [-0.1, -0.05) is 30.3 Å². The van der Waals surface area contributed by atoms with Crippen molar-refractivity contribution in [3.63, 3.8) is 0 Å². The van der Waals surface area contributed by atoms with Gasteiger partial charge in [0.2, 0.25) is 0 Å². The summed E-state index contributed by atoms with van der Waals surface area (Å²) in [4.78, 5) is 40.6. The Bertz CT molecular complexity index is 1430. The van der Waals surface area contributed by atoms with E-state index in [9.17, 15) is 14.4 Å². The largest absolute Gasteiger partial charge is 0.489 e. The minimum Gasteiger partial charge on any atom is -0.489 e. The molecule has 12 nitrogen and oxygen atoms in total. The van der Waals surface area contributed by atoms with Gasteiger partial charge in [-0.05, 0) is 66.9 Å². The Balaban J connectivity index is 1.11. The van der Waals surface area contributed by atoms with Crippen molar-refractivity contribution >= 4 is 29.7 Å². The second-order valence-electron chi connectivity index (χ2n) is 9.78. The van der Waals surface area contributed by atoms with Crippen LogP contribution in [0.1, 0.15) is 18.9 Å². The molecule has 5 rings (SSSR count). The zero-order chi connectivity index (χ0) is 28.8. The predicted molar refractivity (Wildman–Crippen MR) is 150 cm³/mol. The zero-order valence-electron chi connectivity index (χ0n) is 22.5. The van der Waals surface area contributed by atoms with Crippen LogP contribution in [-0.4, -0.2) is 66.6 Å². The van der Waals surface area contributed by atoms with Gasteiger partial charge in [0.25, 0.3) is 5.91 Å². The monoisotopic (exact) mass is 561 g/mol. The third-order valence-electron chi connectivity index (χ3n) is 6.56. The number of hydrogen-bond acceptors (Lipinski definition) is 8. The van der Waals surface area contributed by atoms with Crippen molar-refractivity contribution in [1.29, 1.82) is 0 Å². The molecule has 0 aliphatic carbocycles. The van der Waals surface area contributed by atoms with E-state index in [1.54, 1.807) is 19.1 Å². The lowest BCUT2D eigenvalue weighted by atomic mass is 10.0. The Kier molecular flexibility index (Phi) is 8.49. The molecule has 41 heavy (non-hydrogen) atoms. The fraction of sp³-hybridized carbons (Fsp3) is 0.310. The normalized spacial score (nSPS) is 16.7. The molecule has 4 N–H and O–H groups in total. The molecule has 1 unspecified atom stereocenters. The third kappa shape index (κ3) is 7.22. The topological polar surface area (TPSA) is 151 Å². The lowest BCUT2D eigenvalue weighted by molar-refractivity contribution is -0.118. The molecule has 0 radical (unpaired) electrons. The van der Waals surface area contributed by atoms with Crippen molar-refractivity contribution in [2.75, 3.05) is 36.5 Å². The van der Waals surface area contributed by atoms with E-state index in [1.807, 2.05) is 42.5 Å². The number of carboxylic acid groups (broad SMARTS) is 1. The van der Waals surface area contributed by atoms with Gasteiger partial charge >= 0.3 is 12.2 Å². The number of fused-ring (bicyclic) bond motifs is 1. The van der Waals surface area contributed by atoms with Crippen molar-refractivity contribution in [2.24, 2.45) is 0 Å². The highest BCUT2D eigenvalue weighted by atomic mass is 16.6. The zero-order valence-corrected chi connectivity index (χ0v) is 22.5. The van der Waals surface area contributed by atoms with E-state index in [2.05, 4.69) is 27.0 Å². The summed E-state index contributed by atoms with van der Waals surface area (Å²) in [7, 11) is 0. The number of nitrogens with zero attached hydrogens (tertiary/aromatic N) is 2. The fourth-order valence-electron chi connectivity index (χ4n) is 4.57. The number of aromatic nitrogens is 1. The standard InChI is InChI=1S/C29H31N5O7/c1-18(14-31-28(36)37)40-22-7-3-6-21(13-22)20-5-2-4-19(12-20)15-30-11-10-23-16-34(29(38)41-23)25-9-8-24-27(32-25)33-26(35)17-39-24/h2-9,12-13,18,23,30-31H,10-11,14-17H2,1H3,(H,36,37)(H,32,33,35)/t18?,23-/m0/s1. The molecule has 214 valence electrons. The Morgan fingerprint density at radius 2 is 1.98 bits per heavy atom. The summed E-state index contributed by atoms with van der Waals surface area (Å²) < 4.78 is 16.7. The first kappa shape index (κ1) is 27.7.